The molecule has 1 aromatic heterocycles. The normalized spacial score (nSPS) is 20.4. The summed E-state index contributed by atoms with van der Waals surface area (Å²) in [7, 11) is 0. The molecule has 1 aliphatic rings. The fourth-order valence-electron chi connectivity index (χ4n) is 2.22. The van der Waals surface area contributed by atoms with Gasteiger partial charge in [-0.3, -0.25) is 4.79 Å². The van der Waals surface area contributed by atoms with Crippen LogP contribution in [0.25, 0.3) is 0 Å². The van der Waals surface area contributed by atoms with E-state index in [0.29, 0.717) is 6.54 Å². The number of aliphatic carboxylic acids is 1. The molecule has 2 heterocycles. The highest BCUT2D eigenvalue weighted by molar-refractivity contribution is 5.71. The zero-order valence-corrected chi connectivity index (χ0v) is 10.2. The molecule has 0 radical (unpaired) electrons. The third kappa shape index (κ3) is 2.38. The van der Waals surface area contributed by atoms with E-state index in [1.165, 1.54) is 0 Å². The molecule has 0 amide bonds. The van der Waals surface area contributed by atoms with Crippen molar-refractivity contribution in [2.24, 2.45) is 5.92 Å². The van der Waals surface area contributed by atoms with Crippen molar-refractivity contribution in [3.8, 4) is 0 Å². The van der Waals surface area contributed by atoms with Gasteiger partial charge in [0.25, 0.3) is 0 Å². The Bertz CT molecular complexity index is 434. The summed E-state index contributed by atoms with van der Waals surface area (Å²) in [5, 5.41) is 9.07. The van der Waals surface area contributed by atoms with Gasteiger partial charge in [0.05, 0.1) is 5.92 Å². The maximum atomic E-state index is 11.0. The maximum absolute atomic E-state index is 11.0. The van der Waals surface area contributed by atoms with Gasteiger partial charge in [-0.2, -0.15) is 0 Å². The van der Waals surface area contributed by atoms with Gasteiger partial charge in [0.1, 0.15) is 12.1 Å². The van der Waals surface area contributed by atoms with E-state index >= 15 is 0 Å². The average molecular weight is 235 g/mol. The number of nitrogens with zero attached hydrogens (tertiary/aromatic N) is 3. The van der Waals surface area contributed by atoms with Crippen LogP contribution in [0, 0.1) is 19.8 Å². The number of aryl methyl sites for hydroxylation is 1. The van der Waals surface area contributed by atoms with Crippen LogP contribution in [0.2, 0.25) is 0 Å². The largest absolute Gasteiger partial charge is 0.481 e. The summed E-state index contributed by atoms with van der Waals surface area (Å²) in [5.41, 5.74) is 1.99. The predicted molar refractivity (Wildman–Crippen MR) is 64.1 cm³/mol. The number of aromatic nitrogens is 2. The number of anilines is 1. The summed E-state index contributed by atoms with van der Waals surface area (Å²) >= 11 is 0. The van der Waals surface area contributed by atoms with Gasteiger partial charge in [-0.15, -0.1) is 0 Å². The highest BCUT2D eigenvalue weighted by Crippen LogP contribution is 2.24. The van der Waals surface area contributed by atoms with Crippen LogP contribution in [0.5, 0.6) is 0 Å². The van der Waals surface area contributed by atoms with E-state index in [9.17, 15) is 4.79 Å². The first-order valence-corrected chi connectivity index (χ1v) is 5.85. The van der Waals surface area contributed by atoms with Gasteiger partial charge in [0, 0.05) is 24.3 Å². The standard InChI is InChI=1S/C12H17N3O2/c1-8-9(2)13-7-14-11(8)15-5-3-4-10(6-15)12(16)17/h7,10H,3-6H2,1-2H3,(H,16,17). The highest BCUT2D eigenvalue weighted by Gasteiger charge is 2.26. The molecule has 1 N–H and O–H groups in total. The van der Waals surface area contributed by atoms with Gasteiger partial charge < -0.3 is 10.0 Å². The number of rotatable bonds is 2. The van der Waals surface area contributed by atoms with Crippen molar-refractivity contribution in [2.75, 3.05) is 18.0 Å². The van der Waals surface area contributed by atoms with Crippen molar-refractivity contribution in [1.29, 1.82) is 0 Å². The Labute approximate surface area is 100 Å². The van der Waals surface area contributed by atoms with Gasteiger partial charge in [0.15, 0.2) is 0 Å². The molecule has 1 saturated heterocycles. The monoisotopic (exact) mass is 235 g/mol. The number of piperidine rings is 1. The molecular formula is C12H17N3O2. The predicted octanol–water partition coefficient (Wildman–Crippen LogP) is 1.39. The molecule has 0 saturated carbocycles. The fourth-order valence-corrected chi connectivity index (χ4v) is 2.22. The second kappa shape index (κ2) is 4.69. The first-order valence-electron chi connectivity index (χ1n) is 5.85. The van der Waals surface area contributed by atoms with Crippen molar-refractivity contribution in [2.45, 2.75) is 26.7 Å². The van der Waals surface area contributed by atoms with E-state index in [1.54, 1.807) is 6.33 Å². The van der Waals surface area contributed by atoms with Crippen LogP contribution in [-0.2, 0) is 4.79 Å². The van der Waals surface area contributed by atoms with Crippen LogP contribution in [0.4, 0.5) is 5.82 Å². The van der Waals surface area contributed by atoms with Crippen LogP contribution >= 0.6 is 0 Å². The molecule has 5 nitrogen and oxygen atoms in total. The maximum Gasteiger partial charge on any atom is 0.308 e. The van der Waals surface area contributed by atoms with Gasteiger partial charge in [0.2, 0.25) is 0 Å². The lowest BCUT2D eigenvalue weighted by Gasteiger charge is -2.32. The molecule has 1 aromatic rings. The summed E-state index contributed by atoms with van der Waals surface area (Å²) in [4.78, 5) is 21.5. The van der Waals surface area contributed by atoms with Gasteiger partial charge in [-0.25, -0.2) is 9.97 Å². The number of carboxylic acid groups (broad SMARTS) is 1. The van der Waals surface area contributed by atoms with E-state index in [4.69, 9.17) is 5.11 Å². The Balaban J connectivity index is 2.22. The van der Waals surface area contributed by atoms with Crippen molar-refractivity contribution < 1.29 is 9.90 Å². The molecule has 1 aliphatic heterocycles. The molecule has 92 valence electrons. The molecule has 1 atom stereocenters. The third-order valence-corrected chi connectivity index (χ3v) is 3.38. The Morgan fingerprint density at radius 2 is 2.24 bits per heavy atom. The average Bonchev–Trinajstić information content (AvgIpc) is 2.33. The molecule has 1 unspecified atom stereocenters. The second-order valence-electron chi connectivity index (χ2n) is 4.53. The van der Waals surface area contributed by atoms with Crippen molar-refractivity contribution >= 4 is 11.8 Å². The first-order chi connectivity index (χ1) is 8.09. The first kappa shape index (κ1) is 11.8. The molecule has 2 rings (SSSR count). The molecule has 0 aromatic carbocycles. The van der Waals surface area contributed by atoms with Gasteiger partial charge in [-0.1, -0.05) is 0 Å². The zero-order valence-electron chi connectivity index (χ0n) is 10.2. The lowest BCUT2D eigenvalue weighted by atomic mass is 9.98. The number of carbonyl (C=O) groups is 1. The van der Waals surface area contributed by atoms with Crippen LogP contribution in [-0.4, -0.2) is 34.1 Å². The minimum Gasteiger partial charge on any atom is -0.481 e. The number of carboxylic acids is 1. The third-order valence-electron chi connectivity index (χ3n) is 3.38. The van der Waals surface area contributed by atoms with E-state index in [-0.39, 0.29) is 5.92 Å². The minimum absolute atomic E-state index is 0.279. The lowest BCUT2D eigenvalue weighted by Crippen LogP contribution is -2.39. The minimum atomic E-state index is -0.710. The SMILES string of the molecule is Cc1ncnc(N2CCCC(C(=O)O)C2)c1C. The molecule has 0 bridgehead atoms. The molecule has 17 heavy (non-hydrogen) atoms. The van der Waals surface area contributed by atoms with E-state index in [1.807, 2.05) is 13.8 Å². The molecular weight excluding hydrogens is 218 g/mol. The topological polar surface area (TPSA) is 66.3 Å². The van der Waals surface area contributed by atoms with E-state index in [2.05, 4.69) is 14.9 Å². The molecule has 0 aliphatic carbocycles. The van der Waals surface area contributed by atoms with Gasteiger partial charge >= 0.3 is 5.97 Å². The Kier molecular flexibility index (Phi) is 3.26. The van der Waals surface area contributed by atoms with Crippen LogP contribution in [0.15, 0.2) is 6.33 Å². The summed E-state index contributed by atoms with van der Waals surface area (Å²) in [5.74, 6) is -0.111. The Hall–Kier alpha value is -1.65. The van der Waals surface area contributed by atoms with Crippen molar-refractivity contribution in [1.82, 2.24) is 9.97 Å². The Morgan fingerprint density at radius 1 is 1.47 bits per heavy atom. The fraction of sp³-hybridized carbons (Fsp3) is 0.583. The smallest absolute Gasteiger partial charge is 0.308 e. The molecule has 0 spiro atoms. The van der Waals surface area contributed by atoms with Crippen molar-refractivity contribution in [3.63, 3.8) is 0 Å². The van der Waals surface area contributed by atoms with E-state index < -0.39 is 5.97 Å². The van der Waals surface area contributed by atoms with Gasteiger partial charge in [-0.05, 0) is 26.7 Å². The Morgan fingerprint density at radius 3 is 2.94 bits per heavy atom. The number of hydrogen-bond donors (Lipinski definition) is 1. The quantitative estimate of drug-likeness (QED) is 0.839. The van der Waals surface area contributed by atoms with Crippen LogP contribution < -0.4 is 4.90 Å². The van der Waals surface area contributed by atoms with E-state index in [0.717, 1.165) is 36.5 Å². The summed E-state index contributed by atoms with van der Waals surface area (Å²) in [6.45, 7) is 5.35. The molecule has 5 heteroatoms. The number of hydrogen-bond acceptors (Lipinski definition) is 4. The lowest BCUT2D eigenvalue weighted by molar-refractivity contribution is -0.141. The van der Waals surface area contributed by atoms with Crippen LogP contribution in [0.3, 0.4) is 0 Å². The molecule has 1 fully saturated rings. The van der Waals surface area contributed by atoms with Crippen LogP contribution in [0.1, 0.15) is 24.1 Å². The highest BCUT2D eigenvalue weighted by atomic mass is 16.4. The summed E-state index contributed by atoms with van der Waals surface area (Å²) in [6.07, 6.45) is 3.20. The summed E-state index contributed by atoms with van der Waals surface area (Å²) < 4.78 is 0. The van der Waals surface area contributed by atoms with Crippen molar-refractivity contribution in [3.05, 3.63) is 17.6 Å². The zero-order chi connectivity index (χ0) is 12.4. The second-order valence-corrected chi connectivity index (χ2v) is 4.53. The summed E-state index contributed by atoms with van der Waals surface area (Å²) in [6, 6.07) is 0.